The first-order valence-electron chi connectivity index (χ1n) is 14.3. The molecule has 3 aromatic carbocycles. The highest BCUT2D eigenvalue weighted by Crippen LogP contribution is 2.39. The van der Waals surface area contributed by atoms with E-state index in [1.165, 1.54) is 36.0 Å². The molecule has 0 aliphatic carbocycles. The average Bonchev–Trinajstić information content (AvgIpc) is 3.41. The molecule has 0 atom stereocenters. The van der Waals surface area contributed by atoms with Gasteiger partial charge in [0.25, 0.3) is 5.91 Å². The number of nitrogens with one attached hydrogen (secondary N) is 2. The number of ether oxygens (including phenoxy) is 3. The van der Waals surface area contributed by atoms with Gasteiger partial charge in [0.15, 0.2) is 22.5 Å². The number of amides is 2. The summed E-state index contributed by atoms with van der Waals surface area (Å²) in [7, 11) is 0. The Bertz CT molecular complexity index is 1580. The zero-order chi connectivity index (χ0) is 31.6. The van der Waals surface area contributed by atoms with Gasteiger partial charge in [0, 0.05) is 11.3 Å². The molecule has 232 valence electrons. The molecular formula is C32H36FN5O5S. The minimum atomic E-state index is -0.384. The summed E-state index contributed by atoms with van der Waals surface area (Å²) >= 11 is 1.20. The van der Waals surface area contributed by atoms with Gasteiger partial charge in [-0.25, -0.2) is 4.39 Å². The molecule has 0 aliphatic rings. The van der Waals surface area contributed by atoms with Gasteiger partial charge in [-0.1, -0.05) is 23.9 Å². The number of nitrogens with zero attached hydrogens (tertiary/aromatic N) is 3. The zero-order valence-corrected chi connectivity index (χ0v) is 26.2. The molecule has 0 saturated carbocycles. The minimum absolute atomic E-state index is 0.0410. The van der Waals surface area contributed by atoms with E-state index in [-0.39, 0.29) is 29.9 Å². The molecule has 2 amide bonds. The smallest absolute Gasteiger partial charge is 0.251 e. The molecular weight excluding hydrogens is 585 g/mol. The van der Waals surface area contributed by atoms with E-state index < -0.39 is 0 Å². The van der Waals surface area contributed by atoms with Gasteiger partial charge in [0.05, 0.1) is 37.8 Å². The average molecular weight is 622 g/mol. The highest BCUT2D eigenvalue weighted by Gasteiger charge is 2.21. The second kappa shape index (κ2) is 15.2. The monoisotopic (exact) mass is 621 g/mol. The fraction of sp³-hybridized carbons (Fsp3) is 0.312. The van der Waals surface area contributed by atoms with Crippen LogP contribution in [0.4, 0.5) is 10.1 Å². The van der Waals surface area contributed by atoms with Gasteiger partial charge in [0.1, 0.15) is 5.82 Å². The lowest BCUT2D eigenvalue weighted by atomic mass is 10.1. The van der Waals surface area contributed by atoms with Crippen molar-refractivity contribution < 1.29 is 28.2 Å². The Kier molecular flexibility index (Phi) is 11.2. The van der Waals surface area contributed by atoms with E-state index in [2.05, 4.69) is 20.8 Å². The summed E-state index contributed by atoms with van der Waals surface area (Å²) in [6, 6.07) is 14.7. The van der Waals surface area contributed by atoms with Crippen molar-refractivity contribution in [2.24, 2.45) is 0 Å². The van der Waals surface area contributed by atoms with Crippen molar-refractivity contribution in [1.82, 2.24) is 20.1 Å². The molecule has 12 heteroatoms. The quantitative estimate of drug-likeness (QED) is 0.168. The zero-order valence-electron chi connectivity index (χ0n) is 25.4. The van der Waals surface area contributed by atoms with Crippen LogP contribution >= 0.6 is 11.8 Å². The fourth-order valence-electron chi connectivity index (χ4n) is 4.37. The number of rotatable bonds is 14. The van der Waals surface area contributed by atoms with Crippen molar-refractivity contribution in [1.29, 1.82) is 0 Å². The third-order valence-corrected chi connectivity index (χ3v) is 7.48. The van der Waals surface area contributed by atoms with E-state index in [4.69, 9.17) is 14.2 Å². The topological polar surface area (TPSA) is 117 Å². The summed E-state index contributed by atoms with van der Waals surface area (Å²) in [4.78, 5) is 26.0. The van der Waals surface area contributed by atoms with Crippen LogP contribution < -0.4 is 24.8 Å². The largest absolute Gasteiger partial charge is 0.490 e. The van der Waals surface area contributed by atoms with Crippen molar-refractivity contribution in [3.8, 4) is 22.9 Å². The maximum absolute atomic E-state index is 13.4. The highest BCUT2D eigenvalue weighted by molar-refractivity contribution is 7.99. The van der Waals surface area contributed by atoms with E-state index >= 15 is 0 Å². The third kappa shape index (κ3) is 7.87. The van der Waals surface area contributed by atoms with Gasteiger partial charge in [-0.05, 0) is 88.2 Å². The number of aryl methyl sites for hydroxylation is 1. The SMILES string of the molecule is CCOc1cc(C(=O)NCc2nnc(SCC(=O)Nc3ccc(F)cc3)n2-c2cccc(C)c2C)cc(OCC)c1OCC. The Balaban J connectivity index is 1.58. The number of thioether (sulfide) groups is 1. The summed E-state index contributed by atoms with van der Waals surface area (Å²) in [6.07, 6.45) is 0. The number of hydrogen-bond donors (Lipinski definition) is 2. The lowest BCUT2D eigenvalue weighted by molar-refractivity contribution is -0.113. The van der Waals surface area contributed by atoms with Gasteiger partial charge in [0.2, 0.25) is 11.7 Å². The molecule has 0 saturated heterocycles. The van der Waals surface area contributed by atoms with Gasteiger partial charge in [-0.15, -0.1) is 10.2 Å². The Morgan fingerprint density at radius 2 is 1.57 bits per heavy atom. The first-order chi connectivity index (χ1) is 21.2. The summed E-state index contributed by atoms with van der Waals surface area (Å²) < 4.78 is 32.4. The fourth-order valence-corrected chi connectivity index (χ4v) is 5.13. The number of carbonyl (C=O) groups excluding carboxylic acids is 2. The Hall–Kier alpha value is -4.58. The molecule has 10 nitrogen and oxygen atoms in total. The Morgan fingerprint density at radius 3 is 2.20 bits per heavy atom. The summed E-state index contributed by atoms with van der Waals surface area (Å²) in [6.45, 7) is 10.8. The molecule has 4 rings (SSSR count). The van der Waals surface area contributed by atoms with E-state index in [0.717, 1.165) is 16.8 Å². The normalized spacial score (nSPS) is 10.8. The molecule has 0 aliphatic heterocycles. The lowest BCUT2D eigenvalue weighted by Crippen LogP contribution is -2.25. The van der Waals surface area contributed by atoms with E-state index in [1.807, 2.05) is 57.4 Å². The highest BCUT2D eigenvalue weighted by atomic mass is 32.2. The molecule has 0 radical (unpaired) electrons. The molecule has 44 heavy (non-hydrogen) atoms. The number of benzene rings is 3. The van der Waals surface area contributed by atoms with Crippen molar-refractivity contribution in [2.75, 3.05) is 30.9 Å². The van der Waals surface area contributed by atoms with Crippen LogP contribution in [0.3, 0.4) is 0 Å². The molecule has 2 N–H and O–H groups in total. The third-order valence-electron chi connectivity index (χ3n) is 6.56. The minimum Gasteiger partial charge on any atom is -0.490 e. The van der Waals surface area contributed by atoms with Crippen molar-refractivity contribution >= 4 is 29.3 Å². The van der Waals surface area contributed by atoms with Crippen LogP contribution in [-0.2, 0) is 11.3 Å². The maximum atomic E-state index is 13.4. The molecule has 1 heterocycles. The van der Waals surface area contributed by atoms with Crippen LogP contribution in [0.2, 0.25) is 0 Å². The summed E-state index contributed by atoms with van der Waals surface area (Å²) in [5.41, 5.74) is 3.74. The predicted molar refractivity (Wildman–Crippen MR) is 168 cm³/mol. The molecule has 4 aromatic rings. The molecule has 0 spiro atoms. The molecule has 1 aromatic heterocycles. The van der Waals surface area contributed by atoms with E-state index in [9.17, 15) is 14.0 Å². The van der Waals surface area contributed by atoms with Crippen molar-refractivity contribution in [2.45, 2.75) is 46.3 Å². The number of anilines is 1. The van der Waals surface area contributed by atoms with Crippen molar-refractivity contribution in [3.63, 3.8) is 0 Å². The Morgan fingerprint density at radius 1 is 0.909 bits per heavy atom. The van der Waals surface area contributed by atoms with Gasteiger partial charge in [-0.3, -0.25) is 14.2 Å². The van der Waals surface area contributed by atoms with Crippen LogP contribution in [0.5, 0.6) is 17.2 Å². The summed E-state index contributed by atoms with van der Waals surface area (Å²) in [5, 5.41) is 14.9. The van der Waals surface area contributed by atoms with E-state index in [1.54, 1.807) is 12.1 Å². The van der Waals surface area contributed by atoms with Gasteiger partial charge < -0.3 is 24.8 Å². The van der Waals surface area contributed by atoms with Crippen LogP contribution in [-0.4, -0.2) is 52.2 Å². The predicted octanol–water partition coefficient (Wildman–Crippen LogP) is 5.88. The number of hydrogen-bond acceptors (Lipinski definition) is 8. The van der Waals surface area contributed by atoms with Gasteiger partial charge >= 0.3 is 0 Å². The first-order valence-corrected chi connectivity index (χ1v) is 15.3. The molecule has 0 unspecified atom stereocenters. The number of aromatic nitrogens is 3. The Labute approximate surface area is 260 Å². The molecule has 0 fully saturated rings. The maximum Gasteiger partial charge on any atom is 0.251 e. The summed E-state index contributed by atoms with van der Waals surface area (Å²) in [5.74, 6) is 0.783. The standard InChI is InChI=1S/C32H36FN5O5S/c1-6-41-26-16-22(17-27(42-7-2)30(26)43-8-3)31(40)34-18-28-36-37-32(38(28)25-11-9-10-20(4)21(25)5)44-19-29(39)35-24-14-12-23(33)13-15-24/h9-17H,6-8,18-19H2,1-5H3,(H,34,40)(H,35,39). The van der Waals surface area contributed by atoms with Crippen LogP contribution in [0.25, 0.3) is 5.69 Å². The lowest BCUT2D eigenvalue weighted by Gasteiger charge is -2.17. The van der Waals surface area contributed by atoms with E-state index in [0.29, 0.717) is 59.3 Å². The van der Waals surface area contributed by atoms with Crippen LogP contribution in [0.1, 0.15) is 48.1 Å². The van der Waals surface area contributed by atoms with Crippen molar-refractivity contribution in [3.05, 3.63) is 82.9 Å². The van der Waals surface area contributed by atoms with Gasteiger partial charge in [-0.2, -0.15) is 0 Å². The second-order valence-corrected chi connectivity index (χ2v) is 10.5. The number of halogens is 1. The first kappa shape index (κ1) is 32.3. The molecule has 0 bridgehead atoms. The number of carbonyl (C=O) groups is 2. The second-order valence-electron chi connectivity index (χ2n) is 9.58. The van der Waals surface area contributed by atoms with Crippen LogP contribution in [0.15, 0.2) is 59.8 Å². The van der Waals surface area contributed by atoms with Crippen LogP contribution in [0, 0.1) is 19.7 Å².